The summed E-state index contributed by atoms with van der Waals surface area (Å²) in [5.74, 6) is 3.11. The van der Waals surface area contributed by atoms with Crippen molar-refractivity contribution in [2.45, 2.75) is 6.61 Å². The lowest BCUT2D eigenvalue weighted by Crippen LogP contribution is -2.00. The maximum Gasteiger partial charge on any atom is 0.273 e. The minimum absolute atomic E-state index is 0.0432. The summed E-state index contributed by atoms with van der Waals surface area (Å²) >= 11 is 0. The standard InChI is InChI=1S/C25H22N2O7/c1-30-23-11-16(12-24(31-2)25(23)32-3)15-33-18-7-8-20-21(14-18)26-10-9-22(20)34-19-6-4-5-17(13-19)27(28)29/h4-14H,15H2,1-3H3. The molecule has 0 unspecified atom stereocenters. The normalized spacial score (nSPS) is 10.6. The fourth-order valence-corrected chi connectivity index (χ4v) is 3.45. The van der Waals surface area contributed by atoms with Crippen molar-refractivity contribution in [3.63, 3.8) is 0 Å². The molecular formula is C25H22N2O7. The van der Waals surface area contributed by atoms with Crippen molar-refractivity contribution in [2.24, 2.45) is 0 Å². The summed E-state index contributed by atoms with van der Waals surface area (Å²) in [5, 5.41) is 11.8. The molecule has 0 N–H and O–H groups in total. The Morgan fingerprint density at radius 3 is 2.29 bits per heavy atom. The van der Waals surface area contributed by atoms with E-state index >= 15 is 0 Å². The number of pyridine rings is 1. The molecule has 0 saturated carbocycles. The number of ether oxygens (including phenoxy) is 5. The summed E-state index contributed by atoms with van der Waals surface area (Å²) in [5.41, 5.74) is 1.45. The lowest BCUT2D eigenvalue weighted by Gasteiger charge is -2.15. The Hall–Kier alpha value is -4.53. The highest BCUT2D eigenvalue weighted by Gasteiger charge is 2.14. The van der Waals surface area contributed by atoms with Crippen LogP contribution >= 0.6 is 0 Å². The Morgan fingerprint density at radius 1 is 0.853 bits per heavy atom. The number of aromatic nitrogens is 1. The van der Waals surface area contributed by atoms with E-state index in [0.717, 1.165) is 10.9 Å². The van der Waals surface area contributed by atoms with E-state index in [9.17, 15) is 10.1 Å². The van der Waals surface area contributed by atoms with Gasteiger partial charge in [-0.05, 0) is 42.0 Å². The van der Waals surface area contributed by atoms with Crippen molar-refractivity contribution >= 4 is 16.6 Å². The summed E-state index contributed by atoms with van der Waals surface area (Å²) < 4.78 is 28.0. The molecule has 3 aromatic carbocycles. The van der Waals surface area contributed by atoms with Crippen molar-refractivity contribution in [1.29, 1.82) is 0 Å². The Labute approximate surface area is 195 Å². The Kier molecular flexibility index (Phi) is 6.63. The molecule has 4 rings (SSSR count). The predicted molar refractivity (Wildman–Crippen MR) is 125 cm³/mol. The second-order valence-corrected chi connectivity index (χ2v) is 7.17. The topological polar surface area (TPSA) is 102 Å². The van der Waals surface area contributed by atoms with Gasteiger partial charge < -0.3 is 23.7 Å². The van der Waals surface area contributed by atoms with Crippen molar-refractivity contribution < 1.29 is 28.6 Å². The first-order chi connectivity index (χ1) is 16.5. The zero-order valence-corrected chi connectivity index (χ0v) is 18.8. The molecule has 0 atom stereocenters. The number of nitro groups is 1. The maximum absolute atomic E-state index is 11.0. The third kappa shape index (κ3) is 4.78. The second kappa shape index (κ2) is 9.95. The van der Waals surface area contributed by atoms with E-state index in [2.05, 4.69) is 4.98 Å². The highest BCUT2D eigenvalue weighted by Crippen LogP contribution is 2.38. The predicted octanol–water partition coefficient (Wildman–Crippen LogP) is 5.54. The number of benzene rings is 3. The van der Waals surface area contributed by atoms with Gasteiger partial charge in [0.1, 0.15) is 23.9 Å². The molecule has 0 fully saturated rings. The number of non-ortho nitro benzene ring substituents is 1. The van der Waals surface area contributed by atoms with E-state index in [0.29, 0.717) is 40.0 Å². The molecule has 9 nitrogen and oxygen atoms in total. The molecule has 0 amide bonds. The summed E-state index contributed by atoms with van der Waals surface area (Å²) in [6, 6.07) is 16.8. The van der Waals surface area contributed by atoms with Gasteiger partial charge in [0.25, 0.3) is 5.69 Å². The molecule has 0 radical (unpaired) electrons. The SMILES string of the molecule is COc1cc(COc2ccc3c(Oc4cccc([N+](=O)[O-])c4)ccnc3c2)cc(OC)c1OC. The number of hydrogen-bond acceptors (Lipinski definition) is 8. The van der Waals surface area contributed by atoms with Crippen LogP contribution in [0, 0.1) is 10.1 Å². The fraction of sp³-hybridized carbons (Fsp3) is 0.160. The van der Waals surface area contributed by atoms with Crippen molar-refractivity contribution in [3.8, 4) is 34.5 Å². The van der Waals surface area contributed by atoms with Gasteiger partial charge in [-0.1, -0.05) is 6.07 Å². The molecule has 0 saturated heterocycles. The van der Waals surface area contributed by atoms with Gasteiger partial charge in [-0.15, -0.1) is 0 Å². The van der Waals surface area contributed by atoms with E-state index in [4.69, 9.17) is 23.7 Å². The van der Waals surface area contributed by atoms with Crippen molar-refractivity contribution in [2.75, 3.05) is 21.3 Å². The Morgan fingerprint density at radius 2 is 1.62 bits per heavy atom. The van der Waals surface area contributed by atoms with E-state index in [1.165, 1.54) is 12.1 Å². The molecule has 4 aromatic rings. The van der Waals surface area contributed by atoms with Gasteiger partial charge in [0.15, 0.2) is 11.5 Å². The van der Waals surface area contributed by atoms with Crippen LogP contribution in [-0.2, 0) is 6.61 Å². The van der Waals surface area contributed by atoms with Gasteiger partial charge in [0.05, 0.1) is 37.8 Å². The number of hydrogen-bond donors (Lipinski definition) is 0. The first kappa shape index (κ1) is 22.7. The first-order valence-electron chi connectivity index (χ1n) is 10.2. The van der Waals surface area contributed by atoms with E-state index in [1.54, 1.807) is 51.8 Å². The van der Waals surface area contributed by atoms with Crippen molar-refractivity contribution in [1.82, 2.24) is 4.98 Å². The minimum atomic E-state index is -0.463. The lowest BCUT2D eigenvalue weighted by atomic mass is 10.2. The number of methoxy groups -OCH3 is 3. The number of nitrogens with zero attached hydrogens (tertiary/aromatic N) is 2. The molecular weight excluding hydrogens is 440 g/mol. The molecule has 0 aliphatic rings. The lowest BCUT2D eigenvalue weighted by molar-refractivity contribution is -0.384. The van der Waals surface area contributed by atoms with Crippen molar-refractivity contribution in [3.05, 3.63) is 82.5 Å². The summed E-state index contributed by atoms with van der Waals surface area (Å²) in [6.07, 6.45) is 1.61. The molecule has 0 aliphatic heterocycles. The van der Waals surface area contributed by atoms with Crippen LogP contribution in [-0.4, -0.2) is 31.2 Å². The highest BCUT2D eigenvalue weighted by atomic mass is 16.6. The molecule has 1 aromatic heterocycles. The first-order valence-corrected chi connectivity index (χ1v) is 10.2. The fourth-order valence-electron chi connectivity index (χ4n) is 3.45. The monoisotopic (exact) mass is 462 g/mol. The summed E-state index contributed by atoms with van der Waals surface area (Å²) in [7, 11) is 4.67. The molecule has 0 aliphatic carbocycles. The van der Waals surface area contributed by atoms with Crippen LogP contribution in [0.25, 0.3) is 10.9 Å². The van der Waals surface area contributed by atoms with E-state index in [-0.39, 0.29) is 12.3 Å². The van der Waals surface area contributed by atoms with Crippen LogP contribution in [0.2, 0.25) is 0 Å². The number of rotatable bonds is 9. The van der Waals surface area contributed by atoms with E-state index in [1.807, 2.05) is 24.3 Å². The van der Waals surface area contributed by atoms with E-state index < -0.39 is 4.92 Å². The van der Waals surface area contributed by atoms with Crippen LogP contribution in [0.1, 0.15) is 5.56 Å². The zero-order chi connectivity index (χ0) is 24.1. The second-order valence-electron chi connectivity index (χ2n) is 7.17. The summed E-state index contributed by atoms with van der Waals surface area (Å²) in [6.45, 7) is 0.270. The third-order valence-corrected chi connectivity index (χ3v) is 5.06. The van der Waals surface area contributed by atoms with Crippen LogP contribution in [0.4, 0.5) is 5.69 Å². The molecule has 34 heavy (non-hydrogen) atoms. The van der Waals surface area contributed by atoms with Crippen LogP contribution in [0.3, 0.4) is 0 Å². The van der Waals surface area contributed by atoms with Gasteiger partial charge in [-0.3, -0.25) is 15.1 Å². The third-order valence-electron chi connectivity index (χ3n) is 5.06. The maximum atomic E-state index is 11.0. The molecule has 1 heterocycles. The van der Waals surface area contributed by atoms with Gasteiger partial charge >= 0.3 is 0 Å². The smallest absolute Gasteiger partial charge is 0.273 e. The highest BCUT2D eigenvalue weighted by molar-refractivity contribution is 5.86. The summed E-state index contributed by atoms with van der Waals surface area (Å²) in [4.78, 5) is 15.0. The average molecular weight is 462 g/mol. The van der Waals surface area contributed by atoms with Crippen LogP contribution in [0.5, 0.6) is 34.5 Å². The number of nitro benzene ring substituents is 1. The Balaban J connectivity index is 1.55. The molecule has 9 heteroatoms. The average Bonchev–Trinajstić information content (AvgIpc) is 2.86. The van der Waals surface area contributed by atoms with Gasteiger partial charge in [-0.25, -0.2) is 0 Å². The van der Waals surface area contributed by atoms with Gasteiger partial charge in [0.2, 0.25) is 5.75 Å². The van der Waals surface area contributed by atoms with Gasteiger partial charge in [0, 0.05) is 23.7 Å². The van der Waals surface area contributed by atoms with Crippen LogP contribution < -0.4 is 23.7 Å². The zero-order valence-electron chi connectivity index (χ0n) is 18.8. The Bertz CT molecular complexity index is 1320. The van der Waals surface area contributed by atoms with Crippen LogP contribution in [0.15, 0.2) is 66.9 Å². The molecule has 0 bridgehead atoms. The minimum Gasteiger partial charge on any atom is -0.493 e. The largest absolute Gasteiger partial charge is 0.493 e. The molecule has 0 spiro atoms. The number of fused-ring (bicyclic) bond motifs is 1. The van der Waals surface area contributed by atoms with Gasteiger partial charge in [-0.2, -0.15) is 0 Å². The molecule has 174 valence electrons. The quantitative estimate of drug-likeness (QED) is 0.236.